The van der Waals surface area contributed by atoms with Crippen molar-refractivity contribution in [2.75, 3.05) is 26.4 Å². The molecule has 0 aromatic rings. The van der Waals surface area contributed by atoms with E-state index in [1.54, 1.807) is 0 Å². The highest BCUT2D eigenvalue weighted by Crippen LogP contribution is 2.25. The van der Waals surface area contributed by atoms with Crippen molar-refractivity contribution >= 4 is 0 Å². The number of nitrogens with zero attached hydrogens (tertiary/aromatic N) is 1. The van der Waals surface area contributed by atoms with Crippen LogP contribution < -0.4 is 10.6 Å². The Morgan fingerprint density at radius 3 is 2.72 bits per heavy atom. The summed E-state index contributed by atoms with van der Waals surface area (Å²) in [5, 5.41) is 15.3. The highest BCUT2D eigenvalue weighted by atomic mass is 16.5. The van der Waals surface area contributed by atoms with Gasteiger partial charge in [-0.1, -0.05) is 33.3 Å². The van der Waals surface area contributed by atoms with Gasteiger partial charge in [-0.2, -0.15) is 5.26 Å². The third-order valence-corrected chi connectivity index (χ3v) is 4.05. The van der Waals surface area contributed by atoms with Crippen molar-refractivity contribution in [3.63, 3.8) is 0 Å². The monoisotopic (exact) mass is 347 g/mol. The number of nitriles is 1. The van der Waals surface area contributed by atoms with Gasteiger partial charge in [-0.3, -0.25) is 5.32 Å². The topological polar surface area (TPSA) is 66.3 Å². The Bertz CT molecular complexity index is 504. The lowest BCUT2D eigenvalue weighted by molar-refractivity contribution is 0.0760. The van der Waals surface area contributed by atoms with E-state index in [0.717, 1.165) is 57.2 Å². The van der Waals surface area contributed by atoms with Crippen LogP contribution in [-0.4, -0.2) is 26.4 Å². The summed E-state index contributed by atoms with van der Waals surface area (Å²) in [5.41, 5.74) is 2.98. The molecule has 0 saturated heterocycles. The molecule has 1 rings (SSSR count). The van der Waals surface area contributed by atoms with E-state index in [-0.39, 0.29) is 0 Å². The van der Waals surface area contributed by atoms with Crippen LogP contribution >= 0.6 is 0 Å². The van der Waals surface area contributed by atoms with Gasteiger partial charge in [0.1, 0.15) is 12.4 Å². The zero-order valence-electron chi connectivity index (χ0n) is 15.8. The molecule has 0 fully saturated rings. The summed E-state index contributed by atoms with van der Waals surface area (Å²) in [6, 6.07) is 0. The van der Waals surface area contributed by atoms with Gasteiger partial charge in [0.05, 0.1) is 12.3 Å². The van der Waals surface area contributed by atoms with Crippen LogP contribution in [-0.2, 0) is 9.47 Å². The zero-order valence-corrected chi connectivity index (χ0v) is 15.8. The fourth-order valence-corrected chi connectivity index (χ4v) is 2.62. The maximum atomic E-state index is 9.07. The summed E-state index contributed by atoms with van der Waals surface area (Å²) in [6.45, 7) is 11.0. The Labute approximate surface area is 152 Å². The average molecular weight is 348 g/mol. The predicted octanol–water partition coefficient (Wildman–Crippen LogP) is 4.12. The number of rotatable bonds is 13. The maximum absolute atomic E-state index is 9.07. The first-order valence-electron chi connectivity index (χ1n) is 9.45. The molecule has 0 heterocycles. The molecule has 5 heteroatoms. The molecule has 0 unspecified atom stereocenters. The first-order chi connectivity index (χ1) is 12.2. The second-order valence-corrected chi connectivity index (χ2v) is 6.18. The van der Waals surface area contributed by atoms with Gasteiger partial charge in [0, 0.05) is 18.8 Å². The van der Waals surface area contributed by atoms with Crippen molar-refractivity contribution < 1.29 is 9.47 Å². The van der Waals surface area contributed by atoms with E-state index in [4.69, 9.17) is 14.7 Å². The molecule has 140 valence electrons. The van der Waals surface area contributed by atoms with Gasteiger partial charge >= 0.3 is 0 Å². The largest absolute Gasteiger partial charge is 0.490 e. The molecule has 0 bridgehead atoms. The van der Waals surface area contributed by atoms with E-state index in [9.17, 15) is 0 Å². The van der Waals surface area contributed by atoms with Gasteiger partial charge in [0.25, 0.3) is 0 Å². The van der Waals surface area contributed by atoms with Gasteiger partial charge in [0.2, 0.25) is 0 Å². The Hall–Kier alpha value is -1.93. The van der Waals surface area contributed by atoms with E-state index in [1.807, 2.05) is 6.19 Å². The second-order valence-electron chi connectivity index (χ2n) is 6.18. The molecule has 1 aliphatic rings. The van der Waals surface area contributed by atoms with Crippen LogP contribution in [0.1, 0.15) is 58.8 Å². The first-order valence-corrected chi connectivity index (χ1v) is 9.45. The molecule has 2 N–H and O–H groups in total. The second kappa shape index (κ2) is 13.4. The Morgan fingerprint density at radius 2 is 2.00 bits per heavy atom. The van der Waals surface area contributed by atoms with Crippen LogP contribution in [0.4, 0.5) is 0 Å². The van der Waals surface area contributed by atoms with Crippen LogP contribution in [0.2, 0.25) is 0 Å². The molecule has 0 aromatic carbocycles. The van der Waals surface area contributed by atoms with Crippen molar-refractivity contribution in [2.45, 2.75) is 58.8 Å². The Kier molecular flexibility index (Phi) is 11.3. The molecular weight excluding hydrogens is 314 g/mol. The fraction of sp³-hybridized carbons (Fsp3) is 0.650. The number of hydrogen-bond acceptors (Lipinski definition) is 5. The summed E-state index contributed by atoms with van der Waals surface area (Å²) >= 11 is 0. The summed E-state index contributed by atoms with van der Waals surface area (Å²) < 4.78 is 11.2. The third kappa shape index (κ3) is 8.64. The summed E-state index contributed by atoms with van der Waals surface area (Å²) in [5.74, 6) is 0.502. The maximum Gasteiger partial charge on any atom is 0.181 e. The number of nitrogens with one attached hydrogen (secondary N) is 2. The zero-order chi connectivity index (χ0) is 18.3. The number of ether oxygens (including phenoxy) is 2. The first kappa shape index (κ1) is 21.1. The van der Waals surface area contributed by atoms with Crippen molar-refractivity contribution in [3.8, 4) is 6.19 Å². The van der Waals surface area contributed by atoms with Crippen LogP contribution in [0.25, 0.3) is 0 Å². The minimum atomic E-state index is 0.442. The quantitative estimate of drug-likeness (QED) is 0.227. The molecular formula is C20H33N3O2. The lowest BCUT2D eigenvalue weighted by atomic mass is 9.97. The van der Waals surface area contributed by atoms with E-state index in [2.05, 4.69) is 37.1 Å². The SMILES string of the molecule is C=C(OCCOCCCC)/C(NC#N)=C1\C=C(NCCCC)CCC1. The lowest BCUT2D eigenvalue weighted by Gasteiger charge is -2.21. The highest BCUT2D eigenvalue weighted by Gasteiger charge is 2.15. The molecule has 5 nitrogen and oxygen atoms in total. The number of allylic oxidation sites excluding steroid dienone is 3. The predicted molar refractivity (Wildman–Crippen MR) is 101 cm³/mol. The smallest absolute Gasteiger partial charge is 0.181 e. The summed E-state index contributed by atoms with van der Waals surface area (Å²) in [7, 11) is 0. The van der Waals surface area contributed by atoms with Gasteiger partial charge in [0.15, 0.2) is 6.19 Å². The van der Waals surface area contributed by atoms with Gasteiger partial charge in [-0.15, -0.1) is 0 Å². The van der Waals surface area contributed by atoms with Crippen LogP contribution in [0.5, 0.6) is 0 Å². The average Bonchev–Trinajstić information content (AvgIpc) is 2.63. The Morgan fingerprint density at radius 1 is 1.20 bits per heavy atom. The molecule has 0 amide bonds. The minimum absolute atomic E-state index is 0.442. The molecule has 25 heavy (non-hydrogen) atoms. The number of unbranched alkanes of at least 4 members (excludes halogenated alkanes) is 2. The van der Waals surface area contributed by atoms with Gasteiger partial charge < -0.3 is 14.8 Å². The molecule has 0 aliphatic heterocycles. The molecule has 1 aliphatic carbocycles. The summed E-state index contributed by atoms with van der Waals surface area (Å²) in [4.78, 5) is 0. The van der Waals surface area contributed by atoms with E-state index in [0.29, 0.717) is 24.7 Å². The molecule has 0 spiro atoms. The molecule has 0 atom stereocenters. The van der Waals surface area contributed by atoms with Crippen LogP contribution in [0.3, 0.4) is 0 Å². The normalized spacial score (nSPS) is 15.8. The van der Waals surface area contributed by atoms with Crippen molar-refractivity contribution in [3.05, 3.63) is 35.4 Å². The van der Waals surface area contributed by atoms with Crippen molar-refractivity contribution in [1.29, 1.82) is 5.26 Å². The highest BCUT2D eigenvalue weighted by molar-refractivity contribution is 5.39. The third-order valence-electron chi connectivity index (χ3n) is 4.05. The standard InChI is InChI=1S/C20H33N3O2/c1-4-6-11-22-19-10-8-9-18(15-19)20(23-16-21)17(3)25-14-13-24-12-7-5-2/h15,22-23H,3-14H2,1-2H3/b20-18+. The molecule has 0 aromatic heterocycles. The van der Waals surface area contributed by atoms with E-state index < -0.39 is 0 Å². The van der Waals surface area contributed by atoms with E-state index in [1.165, 1.54) is 12.1 Å². The van der Waals surface area contributed by atoms with Crippen molar-refractivity contribution in [1.82, 2.24) is 10.6 Å². The van der Waals surface area contributed by atoms with Crippen molar-refractivity contribution in [2.24, 2.45) is 0 Å². The van der Waals surface area contributed by atoms with Gasteiger partial charge in [-0.05, 0) is 43.8 Å². The molecule has 0 radical (unpaired) electrons. The van der Waals surface area contributed by atoms with Crippen LogP contribution in [0, 0.1) is 11.5 Å². The minimum Gasteiger partial charge on any atom is -0.490 e. The van der Waals surface area contributed by atoms with E-state index >= 15 is 0 Å². The van der Waals surface area contributed by atoms with Crippen LogP contribution in [0.15, 0.2) is 35.4 Å². The van der Waals surface area contributed by atoms with Gasteiger partial charge in [-0.25, -0.2) is 0 Å². The lowest BCUT2D eigenvalue weighted by Crippen LogP contribution is -2.19. The number of hydrogen-bond donors (Lipinski definition) is 2. The summed E-state index contributed by atoms with van der Waals surface area (Å²) in [6.07, 6.45) is 11.7. The Balaban J connectivity index is 2.62. The molecule has 0 saturated carbocycles. The fourth-order valence-electron chi connectivity index (χ4n) is 2.62.